The highest BCUT2D eigenvalue weighted by Gasteiger charge is 2.27. The van der Waals surface area contributed by atoms with Gasteiger partial charge in [0.1, 0.15) is 0 Å². The van der Waals surface area contributed by atoms with Crippen molar-refractivity contribution in [2.45, 2.75) is 45.6 Å². The summed E-state index contributed by atoms with van der Waals surface area (Å²) in [4.78, 5) is 6.97. The number of nitrogens with two attached hydrogens (primary N) is 1. The Morgan fingerprint density at radius 3 is 2.62 bits per heavy atom. The molecule has 0 radical (unpaired) electrons. The Labute approximate surface area is 146 Å². The largest absolute Gasteiger partial charge is 0.373 e. The van der Waals surface area contributed by atoms with Gasteiger partial charge in [-0.1, -0.05) is 36.8 Å². The van der Waals surface area contributed by atoms with Crippen LogP contribution in [0.5, 0.6) is 0 Å². The smallest absolute Gasteiger partial charge is 0.191 e. The highest BCUT2D eigenvalue weighted by atomic mass is 16.5. The molecule has 2 fully saturated rings. The lowest BCUT2D eigenvalue weighted by atomic mass is 9.89. The zero-order valence-corrected chi connectivity index (χ0v) is 15.1. The molecule has 2 aliphatic heterocycles. The van der Waals surface area contributed by atoms with Crippen LogP contribution in [0.1, 0.15) is 49.8 Å². The average Bonchev–Trinajstić information content (AvgIpc) is 2.61. The molecule has 0 bridgehead atoms. The van der Waals surface area contributed by atoms with E-state index in [-0.39, 0.29) is 6.10 Å². The van der Waals surface area contributed by atoms with Crippen molar-refractivity contribution in [2.75, 3.05) is 26.2 Å². The van der Waals surface area contributed by atoms with Crippen molar-refractivity contribution in [2.24, 2.45) is 22.6 Å². The third kappa shape index (κ3) is 4.29. The van der Waals surface area contributed by atoms with Crippen LogP contribution in [0.3, 0.4) is 0 Å². The molecule has 132 valence electrons. The molecular formula is C20H31N3O. The molecule has 2 heterocycles. The predicted octanol–water partition coefficient (Wildman–Crippen LogP) is 3.51. The van der Waals surface area contributed by atoms with Crippen molar-refractivity contribution in [1.82, 2.24) is 4.90 Å². The summed E-state index contributed by atoms with van der Waals surface area (Å²) in [5.41, 5.74) is 8.80. The van der Waals surface area contributed by atoms with Crippen molar-refractivity contribution in [3.05, 3.63) is 35.4 Å². The van der Waals surface area contributed by atoms with Crippen LogP contribution < -0.4 is 5.73 Å². The van der Waals surface area contributed by atoms with Crippen LogP contribution >= 0.6 is 0 Å². The van der Waals surface area contributed by atoms with Crippen LogP contribution in [-0.2, 0) is 4.74 Å². The third-order valence-electron chi connectivity index (χ3n) is 5.45. The first-order chi connectivity index (χ1) is 11.6. The highest BCUT2D eigenvalue weighted by Crippen LogP contribution is 2.34. The molecule has 0 aliphatic carbocycles. The van der Waals surface area contributed by atoms with Gasteiger partial charge in [-0.15, -0.1) is 0 Å². The van der Waals surface area contributed by atoms with Gasteiger partial charge in [-0.05, 0) is 44.1 Å². The van der Waals surface area contributed by atoms with E-state index in [2.05, 4.69) is 43.0 Å². The lowest BCUT2D eigenvalue weighted by Gasteiger charge is -2.33. The fraction of sp³-hybridized carbons (Fsp3) is 0.650. The molecule has 3 rings (SSSR count). The number of likely N-dealkylation sites (tertiary alicyclic amines) is 1. The van der Waals surface area contributed by atoms with Crippen molar-refractivity contribution in [3.8, 4) is 0 Å². The first-order valence-corrected chi connectivity index (χ1v) is 9.36. The predicted molar refractivity (Wildman–Crippen MR) is 99.1 cm³/mol. The van der Waals surface area contributed by atoms with E-state index in [0.29, 0.717) is 5.92 Å². The molecule has 2 atom stereocenters. The van der Waals surface area contributed by atoms with Crippen molar-refractivity contribution < 1.29 is 4.74 Å². The molecule has 2 unspecified atom stereocenters. The van der Waals surface area contributed by atoms with Gasteiger partial charge in [0.15, 0.2) is 5.96 Å². The Morgan fingerprint density at radius 1 is 1.21 bits per heavy atom. The fourth-order valence-electron chi connectivity index (χ4n) is 3.70. The molecule has 1 aromatic rings. The summed E-state index contributed by atoms with van der Waals surface area (Å²) in [6, 6.07) is 8.71. The van der Waals surface area contributed by atoms with E-state index in [1.54, 1.807) is 0 Å². The first-order valence-electron chi connectivity index (χ1n) is 9.36. The number of guanidine groups is 1. The Morgan fingerprint density at radius 2 is 1.92 bits per heavy atom. The first kappa shape index (κ1) is 17.3. The molecule has 2 N–H and O–H groups in total. The maximum Gasteiger partial charge on any atom is 0.191 e. The summed E-state index contributed by atoms with van der Waals surface area (Å²) in [6.45, 7) is 8.12. The van der Waals surface area contributed by atoms with Crippen LogP contribution in [0.2, 0.25) is 0 Å². The lowest BCUT2D eigenvalue weighted by Crippen LogP contribution is -2.43. The molecule has 4 nitrogen and oxygen atoms in total. The maximum absolute atomic E-state index is 6.25. The van der Waals surface area contributed by atoms with Crippen molar-refractivity contribution in [1.29, 1.82) is 0 Å². The molecule has 0 saturated carbocycles. The summed E-state index contributed by atoms with van der Waals surface area (Å²) in [6.07, 6.45) is 4.86. The second kappa shape index (κ2) is 8.02. The van der Waals surface area contributed by atoms with Gasteiger partial charge in [0, 0.05) is 32.2 Å². The van der Waals surface area contributed by atoms with Gasteiger partial charge < -0.3 is 15.4 Å². The van der Waals surface area contributed by atoms with Crippen LogP contribution in [-0.4, -0.2) is 37.1 Å². The zero-order chi connectivity index (χ0) is 16.9. The van der Waals surface area contributed by atoms with Gasteiger partial charge in [-0.3, -0.25) is 4.99 Å². The Balaban J connectivity index is 1.63. The number of aliphatic imine (C=N–C) groups is 1. The minimum absolute atomic E-state index is 0.150. The number of benzene rings is 1. The molecule has 2 saturated heterocycles. The summed E-state index contributed by atoms with van der Waals surface area (Å²) in [5.74, 6) is 1.95. The van der Waals surface area contributed by atoms with E-state index in [0.717, 1.165) is 51.0 Å². The van der Waals surface area contributed by atoms with Gasteiger partial charge in [-0.2, -0.15) is 0 Å². The van der Waals surface area contributed by atoms with Gasteiger partial charge >= 0.3 is 0 Å². The van der Waals surface area contributed by atoms with Crippen LogP contribution in [0.15, 0.2) is 29.3 Å². The number of piperidine rings is 1. The highest BCUT2D eigenvalue weighted by molar-refractivity contribution is 5.78. The summed E-state index contributed by atoms with van der Waals surface area (Å²) < 4.78 is 6.08. The second-order valence-corrected chi connectivity index (χ2v) is 7.47. The summed E-state index contributed by atoms with van der Waals surface area (Å²) >= 11 is 0. The molecule has 4 heteroatoms. The van der Waals surface area contributed by atoms with Crippen LogP contribution in [0.4, 0.5) is 0 Å². The number of rotatable bonds is 3. The third-order valence-corrected chi connectivity index (χ3v) is 5.45. The summed E-state index contributed by atoms with van der Waals surface area (Å²) in [7, 11) is 0. The van der Waals surface area contributed by atoms with Gasteiger partial charge in [-0.25, -0.2) is 0 Å². The Hall–Kier alpha value is -1.55. The molecule has 2 aliphatic rings. The van der Waals surface area contributed by atoms with Crippen molar-refractivity contribution >= 4 is 5.96 Å². The number of hydrogen-bond donors (Lipinski definition) is 1. The van der Waals surface area contributed by atoms with Crippen LogP contribution in [0, 0.1) is 18.8 Å². The van der Waals surface area contributed by atoms with Crippen LogP contribution in [0.25, 0.3) is 0 Å². The molecule has 0 spiro atoms. The topological polar surface area (TPSA) is 50.9 Å². The van der Waals surface area contributed by atoms with Gasteiger partial charge in [0.2, 0.25) is 0 Å². The van der Waals surface area contributed by atoms with E-state index < -0.39 is 0 Å². The standard InChI is InChI=1S/C20H31N3O/c1-15-5-7-17(8-6-15)19-18(4-3-13-24-19)14-22-20(21)23-11-9-16(2)10-12-23/h5-8,16,18-19H,3-4,9-14H2,1-2H3,(H2,21,22). The molecule has 24 heavy (non-hydrogen) atoms. The normalized spacial score (nSPS) is 26.6. The van der Waals surface area contributed by atoms with E-state index >= 15 is 0 Å². The number of hydrogen-bond acceptors (Lipinski definition) is 2. The number of aryl methyl sites for hydroxylation is 1. The minimum Gasteiger partial charge on any atom is -0.373 e. The van der Waals surface area contributed by atoms with Gasteiger partial charge in [0.25, 0.3) is 0 Å². The fourth-order valence-corrected chi connectivity index (χ4v) is 3.70. The SMILES string of the molecule is Cc1ccc(C2OCCCC2CN=C(N)N2CCC(C)CC2)cc1. The van der Waals surface area contributed by atoms with Gasteiger partial charge in [0.05, 0.1) is 6.10 Å². The van der Waals surface area contributed by atoms with E-state index in [1.165, 1.54) is 24.0 Å². The van der Waals surface area contributed by atoms with E-state index in [9.17, 15) is 0 Å². The molecule has 1 aromatic carbocycles. The van der Waals surface area contributed by atoms with Crippen molar-refractivity contribution in [3.63, 3.8) is 0 Å². The Kier molecular flexibility index (Phi) is 5.77. The summed E-state index contributed by atoms with van der Waals surface area (Å²) in [5, 5.41) is 0. The monoisotopic (exact) mass is 329 g/mol. The Bertz CT molecular complexity index is 547. The number of nitrogens with zero attached hydrogens (tertiary/aromatic N) is 2. The lowest BCUT2D eigenvalue weighted by molar-refractivity contribution is -0.0250. The quantitative estimate of drug-likeness (QED) is 0.682. The zero-order valence-electron chi connectivity index (χ0n) is 15.1. The van der Waals surface area contributed by atoms with E-state index in [1.807, 2.05) is 0 Å². The molecule has 0 amide bonds. The average molecular weight is 329 g/mol. The number of ether oxygens (including phenoxy) is 1. The van der Waals surface area contributed by atoms with E-state index in [4.69, 9.17) is 15.5 Å². The minimum atomic E-state index is 0.150. The molecular weight excluding hydrogens is 298 g/mol. The maximum atomic E-state index is 6.25. The molecule has 0 aromatic heterocycles. The second-order valence-electron chi connectivity index (χ2n) is 7.47.